The van der Waals surface area contributed by atoms with E-state index in [-0.39, 0.29) is 5.91 Å². The molecule has 1 aliphatic carbocycles. The highest BCUT2D eigenvalue weighted by atomic mass is 35.5. The van der Waals surface area contributed by atoms with E-state index in [1.807, 2.05) is 22.6 Å². The molecule has 2 rings (SSSR count). The summed E-state index contributed by atoms with van der Waals surface area (Å²) in [6.07, 6.45) is 4.43. The maximum absolute atomic E-state index is 12.5. The predicted molar refractivity (Wildman–Crippen MR) is 73.1 cm³/mol. The molecule has 1 aromatic heterocycles. The Morgan fingerprint density at radius 3 is 2.76 bits per heavy atom. The number of halogens is 1. The maximum Gasteiger partial charge on any atom is 0.255 e. The molecule has 0 radical (unpaired) electrons. The average molecular weight is 272 g/mol. The van der Waals surface area contributed by atoms with Gasteiger partial charge in [-0.2, -0.15) is 11.3 Å². The van der Waals surface area contributed by atoms with Crippen LogP contribution in [-0.2, 0) is 0 Å². The molecule has 1 amide bonds. The quantitative estimate of drug-likeness (QED) is 0.748. The van der Waals surface area contributed by atoms with Crippen molar-refractivity contribution in [2.75, 3.05) is 12.4 Å². The van der Waals surface area contributed by atoms with Gasteiger partial charge in [0.15, 0.2) is 0 Å². The highest BCUT2D eigenvalue weighted by Gasteiger charge is 2.29. The van der Waals surface area contributed by atoms with Crippen molar-refractivity contribution in [2.45, 2.75) is 38.6 Å². The van der Waals surface area contributed by atoms with Crippen LogP contribution in [0.4, 0.5) is 0 Å². The SMILES string of the molecule is Cc1cscc1C(=O)N(CCCCl)C1CCC1. The molecular formula is C13H18ClNOS. The van der Waals surface area contributed by atoms with Crippen LogP contribution in [0, 0.1) is 6.92 Å². The third kappa shape index (κ3) is 2.83. The molecule has 0 saturated heterocycles. The van der Waals surface area contributed by atoms with Crippen LogP contribution in [0.2, 0.25) is 0 Å². The monoisotopic (exact) mass is 271 g/mol. The summed E-state index contributed by atoms with van der Waals surface area (Å²) in [5.74, 6) is 0.817. The number of thiophene rings is 1. The van der Waals surface area contributed by atoms with E-state index in [9.17, 15) is 4.79 Å². The fraction of sp³-hybridized carbons (Fsp3) is 0.615. The summed E-state index contributed by atoms with van der Waals surface area (Å²) < 4.78 is 0. The van der Waals surface area contributed by atoms with Crippen LogP contribution in [0.25, 0.3) is 0 Å². The summed E-state index contributed by atoms with van der Waals surface area (Å²) in [6, 6.07) is 0.449. The molecule has 2 nitrogen and oxygen atoms in total. The van der Waals surface area contributed by atoms with Crippen molar-refractivity contribution in [1.29, 1.82) is 0 Å². The van der Waals surface area contributed by atoms with Crippen molar-refractivity contribution in [3.8, 4) is 0 Å². The van der Waals surface area contributed by atoms with Crippen LogP contribution in [0.15, 0.2) is 10.8 Å². The summed E-state index contributed by atoms with van der Waals surface area (Å²) in [6.45, 7) is 2.80. The van der Waals surface area contributed by atoms with E-state index in [4.69, 9.17) is 11.6 Å². The zero-order valence-corrected chi connectivity index (χ0v) is 11.7. The smallest absolute Gasteiger partial charge is 0.255 e. The third-order valence-corrected chi connectivity index (χ3v) is 4.52. The van der Waals surface area contributed by atoms with Crippen LogP contribution in [0.5, 0.6) is 0 Å². The summed E-state index contributed by atoms with van der Waals surface area (Å²) in [7, 11) is 0. The molecule has 1 heterocycles. The van der Waals surface area contributed by atoms with Crippen LogP contribution < -0.4 is 0 Å². The summed E-state index contributed by atoms with van der Waals surface area (Å²) >= 11 is 7.34. The molecule has 0 unspecified atom stereocenters. The Kier molecular flexibility index (Phi) is 4.46. The van der Waals surface area contributed by atoms with Gasteiger partial charge in [-0.25, -0.2) is 0 Å². The highest BCUT2D eigenvalue weighted by molar-refractivity contribution is 7.08. The van der Waals surface area contributed by atoms with E-state index in [1.165, 1.54) is 6.42 Å². The van der Waals surface area contributed by atoms with E-state index in [2.05, 4.69) is 0 Å². The second-order valence-electron chi connectivity index (χ2n) is 4.59. The van der Waals surface area contributed by atoms with Crippen molar-refractivity contribution in [2.24, 2.45) is 0 Å². The predicted octanol–water partition coefficient (Wildman–Crippen LogP) is 3.68. The Labute approximate surface area is 112 Å². The zero-order chi connectivity index (χ0) is 12.3. The molecule has 4 heteroatoms. The van der Waals surface area contributed by atoms with Crippen LogP contribution in [0.3, 0.4) is 0 Å². The van der Waals surface area contributed by atoms with Crippen molar-refractivity contribution in [3.05, 3.63) is 21.9 Å². The number of alkyl halides is 1. The minimum atomic E-state index is 0.193. The van der Waals surface area contributed by atoms with Gasteiger partial charge in [0.25, 0.3) is 5.91 Å². The van der Waals surface area contributed by atoms with Gasteiger partial charge in [0, 0.05) is 23.8 Å². The van der Waals surface area contributed by atoms with E-state index in [1.54, 1.807) is 11.3 Å². The fourth-order valence-corrected chi connectivity index (χ4v) is 3.05. The van der Waals surface area contributed by atoms with Crippen LogP contribution in [-0.4, -0.2) is 29.3 Å². The third-order valence-electron chi connectivity index (χ3n) is 3.39. The lowest BCUT2D eigenvalue weighted by Crippen LogP contribution is -2.44. The number of nitrogens with zero attached hydrogens (tertiary/aromatic N) is 1. The average Bonchev–Trinajstić information content (AvgIpc) is 2.67. The normalized spacial score (nSPS) is 15.6. The van der Waals surface area contributed by atoms with Gasteiger partial charge in [-0.1, -0.05) is 0 Å². The first kappa shape index (κ1) is 12.9. The molecule has 17 heavy (non-hydrogen) atoms. The van der Waals surface area contributed by atoms with Crippen molar-refractivity contribution in [3.63, 3.8) is 0 Å². The standard InChI is InChI=1S/C13H18ClNOS/c1-10-8-17-9-12(10)13(16)15(7-3-6-14)11-4-2-5-11/h8-9,11H,2-7H2,1H3. The van der Waals surface area contributed by atoms with Gasteiger partial charge in [-0.3, -0.25) is 4.79 Å². The summed E-state index contributed by atoms with van der Waals surface area (Å²) in [4.78, 5) is 14.5. The fourth-order valence-electron chi connectivity index (χ4n) is 2.11. The molecular weight excluding hydrogens is 254 g/mol. The second-order valence-corrected chi connectivity index (χ2v) is 5.72. The number of carbonyl (C=O) groups is 1. The number of rotatable bonds is 5. The van der Waals surface area contributed by atoms with Crippen LogP contribution >= 0.6 is 22.9 Å². The van der Waals surface area contributed by atoms with E-state index in [0.29, 0.717) is 11.9 Å². The molecule has 0 N–H and O–H groups in total. The number of hydrogen-bond acceptors (Lipinski definition) is 2. The largest absolute Gasteiger partial charge is 0.336 e. The Balaban J connectivity index is 2.09. The summed E-state index contributed by atoms with van der Waals surface area (Å²) in [5.41, 5.74) is 1.96. The Bertz CT molecular complexity index is 387. The van der Waals surface area contributed by atoms with Crippen molar-refractivity contribution < 1.29 is 4.79 Å². The maximum atomic E-state index is 12.5. The number of hydrogen-bond donors (Lipinski definition) is 0. The van der Waals surface area contributed by atoms with Gasteiger partial charge in [-0.15, -0.1) is 11.6 Å². The van der Waals surface area contributed by atoms with Crippen molar-refractivity contribution in [1.82, 2.24) is 4.90 Å². The molecule has 0 bridgehead atoms. The Morgan fingerprint density at radius 2 is 2.29 bits per heavy atom. The van der Waals surface area contributed by atoms with Crippen molar-refractivity contribution >= 4 is 28.8 Å². The number of aryl methyl sites for hydroxylation is 1. The van der Waals surface area contributed by atoms with Gasteiger partial charge in [0.1, 0.15) is 0 Å². The highest BCUT2D eigenvalue weighted by Crippen LogP contribution is 2.27. The molecule has 94 valence electrons. The summed E-state index contributed by atoms with van der Waals surface area (Å²) in [5, 5.41) is 4.00. The molecule has 0 aliphatic heterocycles. The molecule has 0 aromatic carbocycles. The second kappa shape index (κ2) is 5.87. The topological polar surface area (TPSA) is 20.3 Å². The van der Waals surface area contributed by atoms with Gasteiger partial charge in [0.05, 0.1) is 5.56 Å². The molecule has 0 atom stereocenters. The lowest BCUT2D eigenvalue weighted by molar-refractivity contribution is 0.0580. The van der Waals surface area contributed by atoms with E-state index < -0.39 is 0 Å². The minimum absolute atomic E-state index is 0.193. The van der Waals surface area contributed by atoms with Gasteiger partial charge >= 0.3 is 0 Å². The molecule has 1 saturated carbocycles. The first-order valence-corrected chi connectivity index (χ1v) is 7.61. The molecule has 1 fully saturated rings. The Morgan fingerprint density at radius 1 is 1.53 bits per heavy atom. The molecule has 0 spiro atoms. The first-order chi connectivity index (χ1) is 8.24. The van der Waals surface area contributed by atoms with E-state index in [0.717, 1.165) is 36.9 Å². The molecule has 1 aromatic rings. The van der Waals surface area contributed by atoms with Crippen LogP contribution in [0.1, 0.15) is 41.6 Å². The Hall–Kier alpha value is -0.540. The minimum Gasteiger partial charge on any atom is -0.336 e. The first-order valence-electron chi connectivity index (χ1n) is 6.13. The lowest BCUT2D eigenvalue weighted by Gasteiger charge is -2.37. The number of amides is 1. The van der Waals surface area contributed by atoms with E-state index >= 15 is 0 Å². The molecule has 1 aliphatic rings. The van der Waals surface area contributed by atoms with Gasteiger partial charge in [-0.05, 0) is 43.6 Å². The van der Waals surface area contributed by atoms with Gasteiger partial charge in [0.2, 0.25) is 0 Å². The lowest BCUT2D eigenvalue weighted by atomic mass is 9.90. The van der Waals surface area contributed by atoms with Gasteiger partial charge < -0.3 is 4.90 Å². The number of carbonyl (C=O) groups excluding carboxylic acids is 1. The zero-order valence-electron chi connectivity index (χ0n) is 10.1.